The second kappa shape index (κ2) is 4.45. The van der Waals surface area contributed by atoms with Crippen molar-refractivity contribution < 1.29 is 9.21 Å². The van der Waals surface area contributed by atoms with Crippen molar-refractivity contribution >= 4 is 6.29 Å². The Hall–Kier alpha value is -1.05. The molecule has 0 atom stereocenters. The van der Waals surface area contributed by atoms with Crippen LogP contribution < -0.4 is 0 Å². The first-order chi connectivity index (χ1) is 6.88. The van der Waals surface area contributed by atoms with Crippen LogP contribution in [-0.4, -0.2) is 6.29 Å². The van der Waals surface area contributed by atoms with Crippen molar-refractivity contribution in [3.05, 3.63) is 23.7 Å². The van der Waals surface area contributed by atoms with E-state index in [1.807, 2.05) is 6.07 Å². The number of hydrogen-bond donors (Lipinski definition) is 0. The lowest BCUT2D eigenvalue weighted by Gasteiger charge is -2.20. The third-order valence-corrected chi connectivity index (χ3v) is 3.02. The summed E-state index contributed by atoms with van der Waals surface area (Å²) in [5, 5.41) is 0. The summed E-state index contributed by atoms with van der Waals surface area (Å²) < 4.78 is 5.33. The third kappa shape index (κ3) is 2.25. The maximum Gasteiger partial charge on any atom is 0.153 e. The Balaban J connectivity index is 1.92. The molecule has 0 aromatic carbocycles. The van der Waals surface area contributed by atoms with Crippen molar-refractivity contribution in [1.29, 1.82) is 0 Å². The van der Waals surface area contributed by atoms with Crippen molar-refractivity contribution in [2.45, 2.75) is 38.5 Å². The molecule has 1 saturated carbocycles. The molecule has 0 aliphatic heterocycles. The zero-order chi connectivity index (χ0) is 9.80. The SMILES string of the molecule is O=Cc1coc(CC2CCCCC2)c1. The van der Waals surface area contributed by atoms with Crippen molar-refractivity contribution in [2.24, 2.45) is 5.92 Å². The van der Waals surface area contributed by atoms with E-state index in [0.29, 0.717) is 5.56 Å². The molecule has 1 aliphatic carbocycles. The van der Waals surface area contributed by atoms with E-state index in [1.165, 1.54) is 32.1 Å². The lowest BCUT2D eigenvalue weighted by atomic mass is 9.86. The van der Waals surface area contributed by atoms with Crippen LogP contribution in [0, 0.1) is 5.92 Å². The van der Waals surface area contributed by atoms with Gasteiger partial charge in [0.15, 0.2) is 6.29 Å². The van der Waals surface area contributed by atoms with Crippen molar-refractivity contribution in [1.82, 2.24) is 0 Å². The summed E-state index contributed by atoms with van der Waals surface area (Å²) in [5.41, 5.74) is 0.663. The molecule has 2 heteroatoms. The van der Waals surface area contributed by atoms with E-state index in [9.17, 15) is 4.79 Å². The second-order valence-corrected chi connectivity index (χ2v) is 4.17. The molecule has 0 N–H and O–H groups in total. The molecule has 2 rings (SSSR count). The molecule has 1 fully saturated rings. The van der Waals surface area contributed by atoms with Gasteiger partial charge in [-0.25, -0.2) is 0 Å². The van der Waals surface area contributed by atoms with Gasteiger partial charge in [-0.15, -0.1) is 0 Å². The van der Waals surface area contributed by atoms with Crippen molar-refractivity contribution in [2.75, 3.05) is 0 Å². The Morgan fingerprint density at radius 1 is 1.36 bits per heavy atom. The van der Waals surface area contributed by atoms with E-state index >= 15 is 0 Å². The summed E-state index contributed by atoms with van der Waals surface area (Å²) in [4.78, 5) is 10.5. The molecule has 0 saturated heterocycles. The maximum atomic E-state index is 10.5. The predicted molar refractivity (Wildman–Crippen MR) is 54.4 cm³/mol. The number of hydrogen-bond acceptors (Lipinski definition) is 2. The number of aldehydes is 1. The Bertz CT molecular complexity index is 295. The fourth-order valence-corrected chi connectivity index (χ4v) is 2.24. The fraction of sp³-hybridized carbons (Fsp3) is 0.583. The first-order valence-electron chi connectivity index (χ1n) is 5.41. The highest BCUT2D eigenvalue weighted by molar-refractivity contribution is 5.74. The van der Waals surface area contributed by atoms with Crippen molar-refractivity contribution in [3.8, 4) is 0 Å². The van der Waals surface area contributed by atoms with E-state index in [4.69, 9.17) is 4.42 Å². The van der Waals surface area contributed by atoms with E-state index in [2.05, 4.69) is 0 Å². The van der Waals surface area contributed by atoms with Gasteiger partial charge in [-0.1, -0.05) is 32.1 Å². The van der Waals surface area contributed by atoms with Crippen LogP contribution in [0.25, 0.3) is 0 Å². The average Bonchev–Trinajstić information content (AvgIpc) is 2.67. The lowest BCUT2D eigenvalue weighted by Crippen LogP contribution is -2.08. The zero-order valence-corrected chi connectivity index (χ0v) is 8.37. The zero-order valence-electron chi connectivity index (χ0n) is 8.37. The molecule has 2 nitrogen and oxygen atoms in total. The van der Waals surface area contributed by atoms with E-state index in [0.717, 1.165) is 24.4 Å². The molecule has 0 amide bonds. The fourth-order valence-electron chi connectivity index (χ4n) is 2.24. The summed E-state index contributed by atoms with van der Waals surface area (Å²) in [7, 11) is 0. The van der Waals surface area contributed by atoms with Gasteiger partial charge in [-0.2, -0.15) is 0 Å². The highest BCUT2D eigenvalue weighted by Gasteiger charge is 2.15. The minimum Gasteiger partial charge on any atom is -0.469 e. The Kier molecular flexibility index (Phi) is 3.02. The van der Waals surface area contributed by atoms with Crippen LogP contribution in [0.3, 0.4) is 0 Å². The molecule has 1 heterocycles. The van der Waals surface area contributed by atoms with Crippen LogP contribution in [0.1, 0.15) is 48.2 Å². The molecular formula is C12H16O2. The highest BCUT2D eigenvalue weighted by atomic mass is 16.3. The molecule has 1 aliphatic rings. The number of carbonyl (C=O) groups is 1. The summed E-state index contributed by atoms with van der Waals surface area (Å²) in [5.74, 6) is 1.74. The van der Waals surface area contributed by atoms with Gasteiger partial charge in [-0.3, -0.25) is 4.79 Å². The smallest absolute Gasteiger partial charge is 0.153 e. The van der Waals surface area contributed by atoms with Crippen LogP contribution in [0.2, 0.25) is 0 Å². The van der Waals surface area contributed by atoms with Crippen LogP contribution >= 0.6 is 0 Å². The van der Waals surface area contributed by atoms with Gasteiger partial charge in [0.1, 0.15) is 12.0 Å². The summed E-state index contributed by atoms with van der Waals surface area (Å²) >= 11 is 0. The summed E-state index contributed by atoms with van der Waals surface area (Å²) in [6.07, 6.45) is 10.1. The molecule has 76 valence electrons. The Morgan fingerprint density at radius 2 is 2.14 bits per heavy atom. The van der Waals surface area contributed by atoms with Crippen LogP contribution in [-0.2, 0) is 6.42 Å². The van der Waals surface area contributed by atoms with Crippen LogP contribution in [0.4, 0.5) is 0 Å². The second-order valence-electron chi connectivity index (χ2n) is 4.17. The monoisotopic (exact) mass is 192 g/mol. The summed E-state index contributed by atoms with van der Waals surface area (Å²) in [6.45, 7) is 0. The van der Waals surface area contributed by atoms with Gasteiger partial charge in [0.05, 0.1) is 5.56 Å². The molecule has 0 radical (unpaired) electrons. The minimum atomic E-state index is 0.663. The van der Waals surface area contributed by atoms with Gasteiger partial charge >= 0.3 is 0 Å². The Labute approximate surface area is 84.3 Å². The van der Waals surface area contributed by atoms with E-state index in [-0.39, 0.29) is 0 Å². The van der Waals surface area contributed by atoms with Gasteiger partial charge in [0.2, 0.25) is 0 Å². The first-order valence-corrected chi connectivity index (χ1v) is 5.41. The topological polar surface area (TPSA) is 30.2 Å². The van der Waals surface area contributed by atoms with Gasteiger partial charge in [0, 0.05) is 6.42 Å². The standard InChI is InChI=1S/C12H16O2/c13-8-11-7-12(14-9-11)6-10-4-2-1-3-5-10/h7-10H,1-6H2. The number of rotatable bonds is 3. The van der Waals surface area contributed by atoms with E-state index < -0.39 is 0 Å². The molecule has 1 aromatic heterocycles. The average molecular weight is 192 g/mol. The largest absolute Gasteiger partial charge is 0.469 e. The minimum absolute atomic E-state index is 0.663. The Morgan fingerprint density at radius 3 is 2.79 bits per heavy atom. The molecule has 1 aromatic rings. The number of carbonyl (C=O) groups excluding carboxylic acids is 1. The van der Waals surface area contributed by atoms with Gasteiger partial charge < -0.3 is 4.42 Å². The normalized spacial score (nSPS) is 18.3. The molecular weight excluding hydrogens is 176 g/mol. The van der Waals surface area contributed by atoms with Crippen LogP contribution in [0.15, 0.2) is 16.7 Å². The predicted octanol–water partition coefficient (Wildman–Crippen LogP) is 3.21. The first kappa shape index (κ1) is 9.50. The summed E-state index contributed by atoms with van der Waals surface area (Å²) in [6, 6.07) is 1.86. The molecule has 0 spiro atoms. The molecule has 14 heavy (non-hydrogen) atoms. The maximum absolute atomic E-state index is 10.5. The van der Waals surface area contributed by atoms with E-state index in [1.54, 1.807) is 6.26 Å². The van der Waals surface area contributed by atoms with Gasteiger partial charge in [-0.05, 0) is 12.0 Å². The number of furan rings is 1. The lowest BCUT2D eigenvalue weighted by molar-refractivity contribution is 0.112. The third-order valence-electron chi connectivity index (χ3n) is 3.02. The molecule has 0 unspecified atom stereocenters. The quantitative estimate of drug-likeness (QED) is 0.688. The highest BCUT2D eigenvalue weighted by Crippen LogP contribution is 2.27. The van der Waals surface area contributed by atoms with Gasteiger partial charge in [0.25, 0.3) is 0 Å². The van der Waals surface area contributed by atoms with Crippen LogP contribution in [0.5, 0.6) is 0 Å². The molecule has 0 bridgehead atoms. The van der Waals surface area contributed by atoms with Crippen molar-refractivity contribution in [3.63, 3.8) is 0 Å².